The number of nitrogens with zero attached hydrogens (tertiary/aromatic N) is 7. The second kappa shape index (κ2) is 7.21. The van der Waals surface area contributed by atoms with Crippen molar-refractivity contribution in [2.75, 3.05) is 18.0 Å². The minimum absolute atomic E-state index is 0.292. The molecule has 1 aliphatic rings. The molecule has 0 amide bonds. The topological polar surface area (TPSA) is 98.6 Å². The van der Waals surface area contributed by atoms with E-state index >= 15 is 0 Å². The molecule has 0 radical (unpaired) electrons. The fraction of sp³-hybridized carbons (Fsp3) is 0.286. The maximum atomic E-state index is 6.04. The second-order valence-electron chi connectivity index (χ2n) is 7.41. The first-order chi connectivity index (χ1) is 14.2. The summed E-state index contributed by atoms with van der Waals surface area (Å²) >= 11 is 0. The molecule has 0 atom stereocenters. The van der Waals surface area contributed by atoms with Crippen LogP contribution in [-0.2, 0) is 0 Å². The number of hydrogen-bond acceptors (Lipinski definition) is 7. The Kier molecular flexibility index (Phi) is 4.40. The van der Waals surface area contributed by atoms with Crippen molar-refractivity contribution in [3.8, 4) is 17.2 Å². The van der Waals surface area contributed by atoms with E-state index in [0.717, 1.165) is 65.6 Å². The standard InChI is InChI=1S/C21H22N8/c1-14-10-23-13-18(26-14)17-9-19-15(11-24-17)12-25-29(19)21-4-2-3-20(27-21)28-7-5-16(22)6-8-28/h2-4,9-13,16H,5-8,22H2,1H3. The van der Waals surface area contributed by atoms with E-state index in [1.807, 2.05) is 48.3 Å². The van der Waals surface area contributed by atoms with Gasteiger partial charge in [-0.05, 0) is 38.0 Å². The Balaban J connectivity index is 1.53. The summed E-state index contributed by atoms with van der Waals surface area (Å²) in [5, 5.41) is 5.51. The maximum absolute atomic E-state index is 6.04. The van der Waals surface area contributed by atoms with Gasteiger partial charge in [0.05, 0.1) is 29.3 Å². The zero-order valence-corrected chi connectivity index (χ0v) is 16.2. The average molecular weight is 386 g/mol. The van der Waals surface area contributed by atoms with Crippen molar-refractivity contribution in [3.63, 3.8) is 0 Å². The Morgan fingerprint density at radius 3 is 2.62 bits per heavy atom. The fourth-order valence-electron chi connectivity index (χ4n) is 3.66. The molecule has 0 unspecified atom stereocenters. The van der Waals surface area contributed by atoms with Gasteiger partial charge in [-0.3, -0.25) is 9.97 Å². The van der Waals surface area contributed by atoms with Gasteiger partial charge in [-0.1, -0.05) is 6.07 Å². The number of aryl methyl sites for hydroxylation is 1. The molecule has 1 saturated heterocycles. The Morgan fingerprint density at radius 1 is 0.966 bits per heavy atom. The smallest absolute Gasteiger partial charge is 0.156 e. The van der Waals surface area contributed by atoms with Crippen LogP contribution in [0.5, 0.6) is 0 Å². The average Bonchev–Trinajstić information content (AvgIpc) is 3.18. The number of piperidine rings is 1. The highest BCUT2D eigenvalue weighted by atomic mass is 15.3. The lowest BCUT2D eigenvalue weighted by atomic mass is 10.1. The first-order valence-corrected chi connectivity index (χ1v) is 9.78. The van der Waals surface area contributed by atoms with Gasteiger partial charge in [0.15, 0.2) is 5.82 Å². The number of hydrogen-bond donors (Lipinski definition) is 1. The predicted molar refractivity (Wildman–Crippen MR) is 112 cm³/mol. The van der Waals surface area contributed by atoms with E-state index in [4.69, 9.17) is 10.7 Å². The third-order valence-electron chi connectivity index (χ3n) is 5.27. The van der Waals surface area contributed by atoms with E-state index in [-0.39, 0.29) is 0 Å². The van der Waals surface area contributed by atoms with Crippen molar-refractivity contribution in [3.05, 3.63) is 54.7 Å². The summed E-state index contributed by atoms with van der Waals surface area (Å²) in [6.45, 7) is 3.78. The molecule has 4 aromatic rings. The number of rotatable bonds is 3. The molecule has 0 aliphatic carbocycles. The molecule has 0 spiro atoms. The molecular weight excluding hydrogens is 364 g/mol. The van der Waals surface area contributed by atoms with Crippen molar-refractivity contribution in [2.24, 2.45) is 5.73 Å². The van der Waals surface area contributed by atoms with Crippen molar-refractivity contribution in [1.29, 1.82) is 0 Å². The van der Waals surface area contributed by atoms with Crippen LogP contribution < -0.4 is 10.6 Å². The third kappa shape index (κ3) is 3.42. The number of fused-ring (bicyclic) bond motifs is 1. The highest BCUT2D eigenvalue weighted by Crippen LogP contribution is 2.24. The van der Waals surface area contributed by atoms with Crippen molar-refractivity contribution in [1.82, 2.24) is 29.7 Å². The van der Waals surface area contributed by atoms with Crippen LogP contribution in [0.25, 0.3) is 28.1 Å². The molecule has 0 saturated carbocycles. The van der Waals surface area contributed by atoms with E-state index in [2.05, 4.69) is 25.0 Å². The van der Waals surface area contributed by atoms with E-state index < -0.39 is 0 Å². The van der Waals surface area contributed by atoms with Crippen LogP contribution in [-0.4, -0.2) is 48.8 Å². The highest BCUT2D eigenvalue weighted by molar-refractivity contribution is 5.82. The van der Waals surface area contributed by atoms with Gasteiger partial charge in [-0.25, -0.2) is 14.6 Å². The van der Waals surface area contributed by atoms with Crippen molar-refractivity contribution < 1.29 is 0 Å². The molecule has 1 fully saturated rings. The van der Waals surface area contributed by atoms with E-state index in [1.165, 1.54) is 0 Å². The lowest BCUT2D eigenvalue weighted by molar-refractivity contribution is 0.498. The quantitative estimate of drug-likeness (QED) is 0.577. The van der Waals surface area contributed by atoms with Crippen LogP contribution in [0, 0.1) is 6.92 Å². The van der Waals surface area contributed by atoms with Crippen LogP contribution >= 0.6 is 0 Å². The number of aromatic nitrogens is 6. The summed E-state index contributed by atoms with van der Waals surface area (Å²) in [7, 11) is 0. The fourth-order valence-corrected chi connectivity index (χ4v) is 3.66. The number of anilines is 1. The predicted octanol–water partition coefficient (Wildman–Crippen LogP) is 2.51. The summed E-state index contributed by atoms with van der Waals surface area (Å²) in [6, 6.07) is 8.31. The van der Waals surface area contributed by atoms with Crippen LogP contribution in [0.3, 0.4) is 0 Å². The van der Waals surface area contributed by atoms with Gasteiger partial charge in [-0.15, -0.1) is 0 Å². The molecular formula is C21H22N8. The summed E-state index contributed by atoms with van der Waals surface area (Å²) in [5.41, 5.74) is 9.33. The van der Waals surface area contributed by atoms with E-state index in [0.29, 0.717) is 6.04 Å². The molecule has 2 N–H and O–H groups in total. The molecule has 146 valence electrons. The zero-order chi connectivity index (χ0) is 19.8. The van der Waals surface area contributed by atoms with Gasteiger partial charge in [0.2, 0.25) is 0 Å². The van der Waals surface area contributed by atoms with Gasteiger partial charge in [0.25, 0.3) is 0 Å². The number of pyridine rings is 2. The molecule has 0 bridgehead atoms. The summed E-state index contributed by atoms with van der Waals surface area (Å²) in [4.78, 5) is 20.4. The van der Waals surface area contributed by atoms with Crippen LogP contribution in [0.2, 0.25) is 0 Å². The molecule has 29 heavy (non-hydrogen) atoms. The third-order valence-corrected chi connectivity index (χ3v) is 5.27. The Bertz CT molecular complexity index is 1160. The minimum atomic E-state index is 0.292. The molecule has 4 aromatic heterocycles. The van der Waals surface area contributed by atoms with Gasteiger partial charge in [-0.2, -0.15) is 5.10 Å². The first kappa shape index (κ1) is 17.7. The highest BCUT2D eigenvalue weighted by Gasteiger charge is 2.18. The van der Waals surface area contributed by atoms with E-state index in [9.17, 15) is 0 Å². The minimum Gasteiger partial charge on any atom is -0.356 e. The van der Waals surface area contributed by atoms with E-state index in [1.54, 1.807) is 12.4 Å². The van der Waals surface area contributed by atoms with Gasteiger partial charge in [0.1, 0.15) is 11.5 Å². The van der Waals surface area contributed by atoms with Gasteiger partial charge in [0, 0.05) is 36.9 Å². The lowest BCUT2D eigenvalue weighted by Gasteiger charge is -2.31. The summed E-state index contributed by atoms with van der Waals surface area (Å²) < 4.78 is 1.85. The monoisotopic (exact) mass is 386 g/mol. The Morgan fingerprint density at radius 2 is 1.79 bits per heavy atom. The van der Waals surface area contributed by atoms with Crippen LogP contribution in [0.15, 0.2) is 49.1 Å². The second-order valence-corrected chi connectivity index (χ2v) is 7.41. The summed E-state index contributed by atoms with van der Waals surface area (Å²) in [6.07, 6.45) is 9.06. The molecule has 8 nitrogen and oxygen atoms in total. The van der Waals surface area contributed by atoms with Gasteiger partial charge >= 0.3 is 0 Å². The summed E-state index contributed by atoms with van der Waals surface area (Å²) in [5.74, 6) is 1.73. The molecule has 8 heteroatoms. The maximum Gasteiger partial charge on any atom is 0.156 e. The molecule has 1 aliphatic heterocycles. The SMILES string of the molecule is Cc1cncc(-c2cc3c(cn2)cnn3-c2cccc(N3CCC(N)CC3)n2)n1. The van der Waals surface area contributed by atoms with Gasteiger partial charge < -0.3 is 10.6 Å². The van der Waals surface area contributed by atoms with Crippen LogP contribution in [0.1, 0.15) is 18.5 Å². The number of nitrogens with two attached hydrogens (primary N) is 1. The Hall–Kier alpha value is -3.39. The van der Waals surface area contributed by atoms with Crippen LogP contribution in [0.4, 0.5) is 5.82 Å². The lowest BCUT2D eigenvalue weighted by Crippen LogP contribution is -2.40. The largest absolute Gasteiger partial charge is 0.356 e. The van der Waals surface area contributed by atoms with Crippen molar-refractivity contribution in [2.45, 2.75) is 25.8 Å². The zero-order valence-electron chi connectivity index (χ0n) is 16.2. The molecule has 5 heterocycles. The normalized spacial score (nSPS) is 15.2. The molecule has 0 aromatic carbocycles. The van der Waals surface area contributed by atoms with Crippen molar-refractivity contribution >= 4 is 16.7 Å². The Labute approximate surface area is 168 Å². The first-order valence-electron chi connectivity index (χ1n) is 9.78. The molecule has 5 rings (SSSR count).